The van der Waals surface area contributed by atoms with Crippen LogP contribution < -0.4 is 10.1 Å². The van der Waals surface area contributed by atoms with Crippen LogP contribution in [0.3, 0.4) is 0 Å². The van der Waals surface area contributed by atoms with Crippen molar-refractivity contribution < 1.29 is 19.4 Å². The van der Waals surface area contributed by atoms with Crippen molar-refractivity contribution in [3.63, 3.8) is 0 Å². The number of benzene rings is 1. The van der Waals surface area contributed by atoms with Gasteiger partial charge in [-0.2, -0.15) is 0 Å². The third-order valence-corrected chi connectivity index (χ3v) is 2.84. The molecule has 1 rings (SSSR count). The third kappa shape index (κ3) is 7.15. The Morgan fingerprint density at radius 1 is 1.19 bits per heavy atom. The Morgan fingerprint density at radius 3 is 2.52 bits per heavy atom. The lowest BCUT2D eigenvalue weighted by atomic mass is 10.2. The smallest absolute Gasteiger partial charge is 0.303 e. The van der Waals surface area contributed by atoms with Crippen LogP contribution in [0.4, 0.5) is 0 Å². The zero-order valence-electron chi connectivity index (χ0n) is 12.0. The van der Waals surface area contributed by atoms with Crippen molar-refractivity contribution in [3.8, 4) is 5.75 Å². The predicted molar refractivity (Wildman–Crippen MR) is 80.6 cm³/mol. The van der Waals surface area contributed by atoms with E-state index in [9.17, 15) is 9.59 Å². The molecule has 0 saturated carbocycles. The number of amides is 1. The number of carboxylic acid groups (broad SMARTS) is 1. The summed E-state index contributed by atoms with van der Waals surface area (Å²) in [7, 11) is 0. The minimum atomic E-state index is -0.780. The number of hydrogen-bond acceptors (Lipinski definition) is 3. The van der Waals surface area contributed by atoms with Crippen LogP contribution in [0.1, 0.15) is 36.0 Å². The van der Waals surface area contributed by atoms with Crippen LogP contribution >= 0.6 is 0 Å². The summed E-state index contributed by atoms with van der Waals surface area (Å²) in [5, 5.41) is 11.3. The third-order valence-electron chi connectivity index (χ3n) is 2.84. The molecule has 5 heteroatoms. The van der Waals surface area contributed by atoms with Gasteiger partial charge in [-0.1, -0.05) is 19.1 Å². The fourth-order valence-electron chi connectivity index (χ4n) is 1.74. The second kappa shape index (κ2) is 9.58. The van der Waals surface area contributed by atoms with Crippen molar-refractivity contribution in [2.24, 2.45) is 0 Å². The second-order valence-electron chi connectivity index (χ2n) is 4.58. The normalized spacial score (nSPS) is 9.90. The Labute approximate surface area is 124 Å². The maximum Gasteiger partial charge on any atom is 0.303 e. The Morgan fingerprint density at radius 2 is 1.90 bits per heavy atom. The minimum absolute atomic E-state index is 0.136. The lowest BCUT2D eigenvalue weighted by Crippen LogP contribution is -2.24. The monoisotopic (exact) mass is 291 g/mol. The molecular weight excluding hydrogens is 270 g/mol. The van der Waals surface area contributed by atoms with E-state index in [1.165, 1.54) is 0 Å². The van der Waals surface area contributed by atoms with E-state index in [-0.39, 0.29) is 12.3 Å². The molecule has 0 aliphatic rings. The van der Waals surface area contributed by atoms with Crippen LogP contribution in [-0.2, 0) is 4.79 Å². The highest BCUT2D eigenvalue weighted by Gasteiger charge is 2.05. The molecule has 5 nitrogen and oxygen atoms in total. The Bertz CT molecular complexity index is 468. The summed E-state index contributed by atoms with van der Waals surface area (Å²) < 4.78 is 5.34. The number of carbonyl (C=O) groups is 2. The summed E-state index contributed by atoms with van der Waals surface area (Å²) in [4.78, 5) is 22.2. The predicted octanol–water partition coefficient (Wildman–Crippen LogP) is 2.63. The van der Waals surface area contributed by atoms with Crippen LogP contribution in [0.2, 0.25) is 0 Å². The average Bonchev–Trinajstić information content (AvgIpc) is 2.48. The molecule has 0 atom stereocenters. The van der Waals surface area contributed by atoms with E-state index in [0.29, 0.717) is 30.9 Å². The van der Waals surface area contributed by atoms with Crippen molar-refractivity contribution >= 4 is 11.9 Å². The highest BCUT2D eigenvalue weighted by Crippen LogP contribution is 2.12. The molecular formula is C16H21NO4. The van der Waals surface area contributed by atoms with Crippen molar-refractivity contribution in [3.05, 3.63) is 42.5 Å². The van der Waals surface area contributed by atoms with Crippen molar-refractivity contribution in [1.82, 2.24) is 5.32 Å². The van der Waals surface area contributed by atoms with Gasteiger partial charge in [0.2, 0.25) is 0 Å². The number of carboxylic acids is 1. The Balaban J connectivity index is 2.25. The first-order chi connectivity index (χ1) is 10.1. The van der Waals surface area contributed by atoms with Gasteiger partial charge in [0.15, 0.2) is 0 Å². The Hall–Kier alpha value is -2.30. The lowest BCUT2D eigenvalue weighted by molar-refractivity contribution is -0.137. The SMILES string of the molecule is C=CCOc1ccc(C(=O)NCCCCCC(=O)O)cc1. The standard InChI is InChI=1S/C16H21NO4/c1-2-12-21-14-9-7-13(8-10-14)16(20)17-11-5-3-4-6-15(18)19/h2,7-10H,1,3-6,11-12H2,(H,17,20)(H,18,19). The zero-order valence-corrected chi connectivity index (χ0v) is 12.0. The maximum atomic E-state index is 11.8. The number of hydrogen-bond donors (Lipinski definition) is 2. The summed E-state index contributed by atoms with van der Waals surface area (Å²) in [6.45, 7) is 4.55. The average molecular weight is 291 g/mol. The number of aliphatic carboxylic acids is 1. The van der Waals surface area contributed by atoms with E-state index in [2.05, 4.69) is 11.9 Å². The quantitative estimate of drug-likeness (QED) is 0.513. The number of nitrogens with one attached hydrogen (secondary N) is 1. The summed E-state index contributed by atoms with van der Waals surface area (Å²) >= 11 is 0. The summed E-state index contributed by atoms with van der Waals surface area (Å²) in [5.74, 6) is -0.221. The van der Waals surface area contributed by atoms with E-state index >= 15 is 0 Å². The molecule has 0 aliphatic heterocycles. The molecule has 0 radical (unpaired) electrons. The molecule has 1 aromatic rings. The maximum absolute atomic E-state index is 11.8. The number of ether oxygens (including phenoxy) is 1. The van der Waals surface area contributed by atoms with Gasteiger partial charge in [-0.25, -0.2) is 0 Å². The van der Waals surface area contributed by atoms with Gasteiger partial charge in [-0.05, 0) is 37.1 Å². The molecule has 1 aromatic carbocycles. The van der Waals surface area contributed by atoms with E-state index in [1.807, 2.05) is 0 Å². The van der Waals surface area contributed by atoms with Crippen LogP contribution in [0.15, 0.2) is 36.9 Å². The first-order valence-corrected chi connectivity index (χ1v) is 6.97. The topological polar surface area (TPSA) is 75.6 Å². The van der Waals surface area contributed by atoms with Gasteiger partial charge in [0.1, 0.15) is 12.4 Å². The van der Waals surface area contributed by atoms with E-state index < -0.39 is 5.97 Å². The van der Waals surface area contributed by atoms with Gasteiger partial charge in [-0.15, -0.1) is 0 Å². The van der Waals surface area contributed by atoms with Gasteiger partial charge in [0.25, 0.3) is 5.91 Å². The number of carbonyl (C=O) groups excluding carboxylic acids is 1. The molecule has 2 N–H and O–H groups in total. The highest BCUT2D eigenvalue weighted by atomic mass is 16.5. The van der Waals surface area contributed by atoms with Crippen LogP contribution in [0, 0.1) is 0 Å². The van der Waals surface area contributed by atoms with Crippen molar-refractivity contribution in [2.75, 3.05) is 13.2 Å². The zero-order chi connectivity index (χ0) is 15.5. The van der Waals surface area contributed by atoms with Crippen LogP contribution in [0.25, 0.3) is 0 Å². The molecule has 0 spiro atoms. The number of unbranched alkanes of at least 4 members (excludes halogenated alkanes) is 2. The van der Waals surface area contributed by atoms with Gasteiger partial charge in [-0.3, -0.25) is 9.59 Å². The summed E-state index contributed by atoms with van der Waals surface area (Å²) in [5.41, 5.74) is 0.575. The first kappa shape index (κ1) is 16.8. The van der Waals surface area contributed by atoms with Gasteiger partial charge < -0.3 is 15.2 Å². The molecule has 0 fully saturated rings. The largest absolute Gasteiger partial charge is 0.490 e. The van der Waals surface area contributed by atoms with Gasteiger partial charge in [0.05, 0.1) is 0 Å². The molecule has 0 saturated heterocycles. The molecule has 21 heavy (non-hydrogen) atoms. The van der Waals surface area contributed by atoms with E-state index in [4.69, 9.17) is 9.84 Å². The minimum Gasteiger partial charge on any atom is -0.490 e. The van der Waals surface area contributed by atoms with E-state index in [0.717, 1.165) is 12.8 Å². The first-order valence-electron chi connectivity index (χ1n) is 6.97. The second-order valence-corrected chi connectivity index (χ2v) is 4.58. The Kier molecular flexibility index (Phi) is 7.64. The van der Waals surface area contributed by atoms with Crippen LogP contribution in [-0.4, -0.2) is 30.1 Å². The van der Waals surface area contributed by atoms with Gasteiger partial charge >= 0.3 is 5.97 Å². The fourth-order valence-corrected chi connectivity index (χ4v) is 1.74. The summed E-state index contributed by atoms with van der Waals surface area (Å²) in [6.07, 6.45) is 4.05. The van der Waals surface area contributed by atoms with E-state index in [1.54, 1.807) is 30.3 Å². The van der Waals surface area contributed by atoms with Crippen LogP contribution in [0.5, 0.6) is 5.75 Å². The molecule has 0 aliphatic carbocycles. The molecule has 0 heterocycles. The molecule has 0 aromatic heterocycles. The number of rotatable bonds is 10. The fraction of sp³-hybridized carbons (Fsp3) is 0.375. The van der Waals surface area contributed by atoms with Gasteiger partial charge in [0, 0.05) is 18.5 Å². The molecule has 0 unspecified atom stereocenters. The molecule has 1 amide bonds. The van der Waals surface area contributed by atoms with Crippen molar-refractivity contribution in [2.45, 2.75) is 25.7 Å². The van der Waals surface area contributed by atoms with Crippen molar-refractivity contribution in [1.29, 1.82) is 0 Å². The summed E-state index contributed by atoms with van der Waals surface area (Å²) in [6, 6.07) is 6.90. The highest BCUT2D eigenvalue weighted by molar-refractivity contribution is 5.94. The lowest BCUT2D eigenvalue weighted by Gasteiger charge is -2.06. The molecule has 0 bridgehead atoms. The molecule has 114 valence electrons.